The Balaban J connectivity index is 1.79. The lowest BCUT2D eigenvalue weighted by atomic mass is 10.2. The average Bonchev–Trinajstić information content (AvgIpc) is 3.16. The van der Waals surface area contributed by atoms with Crippen molar-refractivity contribution in [1.29, 1.82) is 0 Å². The molecule has 1 aromatic heterocycles. The first kappa shape index (κ1) is 15.7. The number of anilines is 1. The molecule has 0 atom stereocenters. The Morgan fingerprint density at radius 2 is 2.21 bits per heavy atom. The molecule has 1 aromatic carbocycles. The molecule has 0 spiro atoms. The van der Waals surface area contributed by atoms with Crippen LogP contribution in [-0.4, -0.2) is 52.2 Å². The van der Waals surface area contributed by atoms with E-state index in [1.165, 1.54) is 13.2 Å². The van der Waals surface area contributed by atoms with Gasteiger partial charge in [0.05, 0.1) is 20.3 Å². The summed E-state index contributed by atoms with van der Waals surface area (Å²) in [4.78, 5) is 28.8. The topological polar surface area (TPSA) is 118 Å². The number of benzene rings is 1. The van der Waals surface area contributed by atoms with Crippen molar-refractivity contribution in [3.05, 3.63) is 36.0 Å². The predicted molar refractivity (Wildman–Crippen MR) is 81.8 cm³/mol. The number of aliphatic hydroxyl groups excluding tert-OH is 1. The molecule has 0 saturated carbocycles. The highest BCUT2D eigenvalue weighted by molar-refractivity contribution is 6.17. The van der Waals surface area contributed by atoms with Crippen molar-refractivity contribution in [2.75, 3.05) is 25.6 Å². The minimum atomic E-state index is -0.485. The second kappa shape index (κ2) is 6.50. The number of hydrogen-bond acceptors (Lipinski definition) is 8. The summed E-state index contributed by atoms with van der Waals surface area (Å²) in [6.45, 7) is -0.324. The summed E-state index contributed by atoms with van der Waals surface area (Å²) < 4.78 is 9.71. The lowest BCUT2D eigenvalue weighted by molar-refractivity contribution is -0.137. The van der Waals surface area contributed by atoms with E-state index in [9.17, 15) is 9.59 Å². The van der Waals surface area contributed by atoms with Crippen LogP contribution < -0.4 is 10.1 Å². The van der Waals surface area contributed by atoms with Crippen LogP contribution in [0.3, 0.4) is 0 Å². The maximum Gasteiger partial charge on any atom is 0.417 e. The van der Waals surface area contributed by atoms with Crippen molar-refractivity contribution in [2.24, 2.45) is 0 Å². The molecule has 0 saturated heterocycles. The van der Waals surface area contributed by atoms with Gasteiger partial charge in [0.25, 0.3) is 11.8 Å². The summed E-state index contributed by atoms with van der Waals surface area (Å²) in [6.07, 6.45) is 1.24. The number of aromatic nitrogens is 2. The monoisotopic (exact) mass is 330 g/mol. The van der Waals surface area contributed by atoms with E-state index in [2.05, 4.69) is 15.5 Å². The average molecular weight is 330 g/mol. The normalized spacial score (nSPS) is 14.1. The van der Waals surface area contributed by atoms with E-state index in [0.29, 0.717) is 17.1 Å². The zero-order chi connectivity index (χ0) is 17.1. The molecule has 2 amide bonds. The zero-order valence-corrected chi connectivity index (χ0v) is 12.7. The van der Waals surface area contributed by atoms with Crippen LogP contribution in [0.15, 0.2) is 40.6 Å². The van der Waals surface area contributed by atoms with E-state index in [0.717, 1.165) is 4.90 Å². The Hall–Kier alpha value is -3.20. The van der Waals surface area contributed by atoms with Gasteiger partial charge in [-0.1, -0.05) is 17.3 Å². The molecule has 2 heterocycles. The van der Waals surface area contributed by atoms with Gasteiger partial charge in [0.1, 0.15) is 5.70 Å². The first-order valence-corrected chi connectivity index (χ1v) is 7.06. The van der Waals surface area contributed by atoms with Crippen LogP contribution >= 0.6 is 0 Å². The summed E-state index contributed by atoms with van der Waals surface area (Å²) in [6, 6.07) is 6.95. The first-order chi connectivity index (χ1) is 11.6. The minimum absolute atomic E-state index is 0.0396. The number of amides is 2. The minimum Gasteiger partial charge on any atom is -0.452 e. The summed E-state index contributed by atoms with van der Waals surface area (Å²) >= 11 is 0. The fourth-order valence-corrected chi connectivity index (χ4v) is 2.21. The van der Waals surface area contributed by atoms with Crippen molar-refractivity contribution < 1.29 is 24.0 Å². The number of carbonyl (C=O) groups excluding carboxylic acids is 2. The third-order valence-electron chi connectivity index (χ3n) is 3.31. The van der Waals surface area contributed by atoms with Gasteiger partial charge in [-0.25, -0.2) is 0 Å². The van der Waals surface area contributed by atoms with Crippen LogP contribution in [0.5, 0.6) is 6.08 Å². The molecule has 9 nitrogen and oxygen atoms in total. The zero-order valence-electron chi connectivity index (χ0n) is 12.7. The molecule has 0 radical (unpaired) electrons. The van der Waals surface area contributed by atoms with Crippen LogP contribution in [-0.2, 0) is 9.59 Å². The van der Waals surface area contributed by atoms with Crippen molar-refractivity contribution in [2.45, 2.75) is 0 Å². The number of aliphatic hydroxyl groups is 1. The van der Waals surface area contributed by atoms with E-state index in [-0.39, 0.29) is 24.9 Å². The molecule has 0 fully saturated rings. The first-order valence-electron chi connectivity index (χ1n) is 7.06. The molecule has 0 bridgehead atoms. The summed E-state index contributed by atoms with van der Waals surface area (Å²) in [5, 5.41) is 15.6. The molecule has 9 heteroatoms. The van der Waals surface area contributed by atoms with Crippen molar-refractivity contribution >= 4 is 17.5 Å². The SMILES string of the molecule is COc1nc(-c2cccc(NC3=CC(=O)N(CCO)C3=O)c2)no1. The van der Waals surface area contributed by atoms with E-state index in [1.54, 1.807) is 24.3 Å². The van der Waals surface area contributed by atoms with E-state index >= 15 is 0 Å². The molecular weight excluding hydrogens is 316 g/mol. The van der Waals surface area contributed by atoms with Crippen LogP contribution in [0.2, 0.25) is 0 Å². The maximum atomic E-state index is 12.1. The van der Waals surface area contributed by atoms with Gasteiger partial charge < -0.3 is 15.2 Å². The number of carbonyl (C=O) groups is 2. The number of nitrogens with zero attached hydrogens (tertiary/aromatic N) is 3. The van der Waals surface area contributed by atoms with E-state index in [1.807, 2.05) is 0 Å². The second-order valence-corrected chi connectivity index (χ2v) is 4.87. The maximum absolute atomic E-state index is 12.1. The highest BCUT2D eigenvalue weighted by Gasteiger charge is 2.30. The fraction of sp³-hybridized carbons (Fsp3) is 0.200. The van der Waals surface area contributed by atoms with E-state index in [4.69, 9.17) is 14.4 Å². The number of imide groups is 1. The van der Waals surface area contributed by atoms with Crippen LogP contribution in [0.1, 0.15) is 0 Å². The van der Waals surface area contributed by atoms with E-state index < -0.39 is 11.8 Å². The number of nitrogens with one attached hydrogen (secondary N) is 1. The van der Waals surface area contributed by atoms with Crippen LogP contribution in [0.25, 0.3) is 11.4 Å². The van der Waals surface area contributed by atoms with Gasteiger partial charge in [0.2, 0.25) is 5.82 Å². The largest absolute Gasteiger partial charge is 0.452 e. The highest BCUT2D eigenvalue weighted by atomic mass is 16.6. The summed E-state index contributed by atoms with van der Waals surface area (Å²) in [5.74, 6) is -0.614. The Labute approximate surface area is 136 Å². The van der Waals surface area contributed by atoms with Gasteiger partial charge in [-0.2, -0.15) is 4.98 Å². The molecule has 0 unspecified atom stereocenters. The molecule has 2 N–H and O–H groups in total. The number of rotatable bonds is 6. The van der Waals surface area contributed by atoms with Crippen LogP contribution in [0, 0.1) is 0 Å². The third kappa shape index (κ3) is 2.97. The fourth-order valence-electron chi connectivity index (χ4n) is 2.21. The lowest BCUT2D eigenvalue weighted by Gasteiger charge is -2.13. The Morgan fingerprint density at radius 1 is 1.38 bits per heavy atom. The molecule has 2 aromatic rings. The Kier molecular flexibility index (Phi) is 4.25. The molecular formula is C15H14N4O5. The van der Waals surface area contributed by atoms with Gasteiger partial charge in [-0.15, -0.1) is 0 Å². The smallest absolute Gasteiger partial charge is 0.417 e. The summed E-state index contributed by atoms with van der Waals surface area (Å²) in [5.41, 5.74) is 1.36. The predicted octanol–water partition coefficient (Wildman–Crippen LogP) is 0.402. The second-order valence-electron chi connectivity index (χ2n) is 4.87. The molecule has 3 rings (SSSR count). The highest BCUT2D eigenvalue weighted by Crippen LogP contribution is 2.24. The number of hydrogen-bond donors (Lipinski definition) is 2. The summed E-state index contributed by atoms with van der Waals surface area (Å²) in [7, 11) is 1.42. The van der Waals surface area contributed by atoms with Crippen molar-refractivity contribution in [3.63, 3.8) is 0 Å². The molecule has 124 valence electrons. The Bertz CT molecular complexity index is 814. The molecule has 1 aliphatic rings. The van der Waals surface area contributed by atoms with Crippen molar-refractivity contribution in [3.8, 4) is 17.5 Å². The molecule has 24 heavy (non-hydrogen) atoms. The van der Waals surface area contributed by atoms with Gasteiger partial charge >= 0.3 is 6.08 Å². The van der Waals surface area contributed by atoms with Gasteiger partial charge in [0, 0.05) is 17.3 Å². The third-order valence-corrected chi connectivity index (χ3v) is 3.31. The van der Waals surface area contributed by atoms with Gasteiger partial charge in [-0.3, -0.25) is 19.0 Å². The quantitative estimate of drug-likeness (QED) is 0.731. The number of β-amino-alcohol motifs (C(OH)–C–C–N with tert-alkyl or cyclic N) is 1. The van der Waals surface area contributed by atoms with Gasteiger partial charge in [-0.05, 0) is 12.1 Å². The van der Waals surface area contributed by atoms with Gasteiger partial charge in [0.15, 0.2) is 0 Å². The standard InChI is InChI=1S/C15H14N4O5/c1-23-15-17-13(18-24-15)9-3-2-4-10(7-9)16-11-8-12(21)19(5-6-20)14(11)22/h2-4,7-8,16,20H,5-6H2,1H3. The number of methoxy groups -OCH3 is 1. The Morgan fingerprint density at radius 3 is 2.92 bits per heavy atom. The van der Waals surface area contributed by atoms with Crippen LogP contribution in [0.4, 0.5) is 5.69 Å². The lowest BCUT2D eigenvalue weighted by Crippen LogP contribution is -2.34. The van der Waals surface area contributed by atoms with Crippen molar-refractivity contribution in [1.82, 2.24) is 15.0 Å². The number of ether oxygens (including phenoxy) is 1. The molecule has 0 aliphatic carbocycles. The molecule has 1 aliphatic heterocycles.